The molecule has 0 aliphatic heterocycles. The van der Waals surface area contributed by atoms with Crippen LogP contribution in [0.15, 0.2) is 18.2 Å². The molecule has 0 radical (unpaired) electrons. The van der Waals surface area contributed by atoms with E-state index in [0.29, 0.717) is 24.4 Å². The summed E-state index contributed by atoms with van der Waals surface area (Å²) < 4.78 is 18.9. The van der Waals surface area contributed by atoms with Gasteiger partial charge in [-0.25, -0.2) is 4.39 Å². The summed E-state index contributed by atoms with van der Waals surface area (Å²) in [4.78, 5) is 1.91. The highest BCUT2D eigenvalue weighted by Crippen LogP contribution is 2.19. The number of benzene rings is 1. The number of likely N-dealkylation sites (N-methyl/N-ethyl adjacent to an activating group) is 1. The molecule has 0 unspecified atom stereocenters. The number of aliphatic hydroxyl groups excluding tert-OH is 1. The number of rotatable bonds is 7. The van der Waals surface area contributed by atoms with Crippen molar-refractivity contribution in [2.24, 2.45) is 5.73 Å². The van der Waals surface area contributed by atoms with Crippen LogP contribution in [0.3, 0.4) is 0 Å². The summed E-state index contributed by atoms with van der Waals surface area (Å²) in [5, 5.41) is 8.55. The molecule has 0 spiro atoms. The zero-order valence-corrected chi connectivity index (χ0v) is 11.0. The Hall–Kier alpha value is -1.24. The lowest BCUT2D eigenvalue weighted by Crippen LogP contribution is -2.24. The molecule has 18 heavy (non-hydrogen) atoms. The van der Waals surface area contributed by atoms with Gasteiger partial charge in [-0.1, -0.05) is 12.2 Å². The summed E-state index contributed by atoms with van der Waals surface area (Å²) in [6, 6.07) is 4.64. The molecule has 0 amide bonds. The number of aliphatic hydroxyl groups is 1. The predicted molar refractivity (Wildman–Crippen MR) is 73.5 cm³/mol. The summed E-state index contributed by atoms with van der Waals surface area (Å²) in [7, 11) is 1.77. The van der Waals surface area contributed by atoms with Gasteiger partial charge in [-0.3, -0.25) is 0 Å². The van der Waals surface area contributed by atoms with E-state index < -0.39 is 0 Å². The van der Waals surface area contributed by atoms with Crippen molar-refractivity contribution < 1.29 is 14.2 Å². The molecule has 0 heterocycles. The normalized spacial score (nSPS) is 10.4. The third-order valence-corrected chi connectivity index (χ3v) is 2.69. The Morgan fingerprint density at radius 1 is 1.50 bits per heavy atom. The number of nitrogens with zero attached hydrogens (tertiary/aromatic N) is 1. The molecule has 0 fully saturated rings. The number of thiocarbonyl (C=S) groups is 1. The third-order valence-electron chi connectivity index (χ3n) is 2.45. The molecule has 1 aromatic rings. The quantitative estimate of drug-likeness (QED) is 0.570. The van der Waals surface area contributed by atoms with E-state index in [1.807, 2.05) is 0 Å². The summed E-state index contributed by atoms with van der Waals surface area (Å²) in [6.07, 6.45) is 0. The van der Waals surface area contributed by atoms with E-state index in [4.69, 9.17) is 27.8 Å². The first-order valence-corrected chi connectivity index (χ1v) is 5.96. The van der Waals surface area contributed by atoms with Crippen molar-refractivity contribution in [1.29, 1.82) is 0 Å². The van der Waals surface area contributed by atoms with Crippen LogP contribution < -0.4 is 10.6 Å². The molecule has 4 nitrogen and oxygen atoms in total. The van der Waals surface area contributed by atoms with Crippen LogP contribution >= 0.6 is 12.2 Å². The number of hydrogen-bond donors (Lipinski definition) is 2. The molecule has 0 bridgehead atoms. The first kappa shape index (κ1) is 14.8. The SMILES string of the molecule is CN(CCOCCO)c1ccc(C(N)=S)cc1F. The van der Waals surface area contributed by atoms with E-state index in [0.717, 1.165) is 0 Å². The van der Waals surface area contributed by atoms with Crippen LogP contribution in [-0.2, 0) is 4.74 Å². The number of ether oxygens (including phenoxy) is 1. The molecule has 6 heteroatoms. The van der Waals surface area contributed by atoms with E-state index in [1.165, 1.54) is 6.07 Å². The van der Waals surface area contributed by atoms with Gasteiger partial charge in [0.15, 0.2) is 0 Å². The fraction of sp³-hybridized carbons (Fsp3) is 0.417. The van der Waals surface area contributed by atoms with Crippen LogP contribution in [-0.4, -0.2) is 43.5 Å². The monoisotopic (exact) mass is 272 g/mol. The van der Waals surface area contributed by atoms with Gasteiger partial charge in [0.25, 0.3) is 0 Å². The Labute approximate surface area is 111 Å². The van der Waals surface area contributed by atoms with Crippen molar-refractivity contribution >= 4 is 22.9 Å². The van der Waals surface area contributed by atoms with Gasteiger partial charge >= 0.3 is 0 Å². The van der Waals surface area contributed by atoms with Gasteiger partial charge in [-0.05, 0) is 18.2 Å². The topological polar surface area (TPSA) is 58.7 Å². The Kier molecular flexibility index (Phi) is 5.97. The molecule has 0 aromatic heterocycles. The lowest BCUT2D eigenvalue weighted by Gasteiger charge is -2.20. The second-order valence-corrected chi connectivity index (χ2v) is 4.23. The molecular weight excluding hydrogens is 255 g/mol. The first-order valence-electron chi connectivity index (χ1n) is 5.55. The van der Waals surface area contributed by atoms with Gasteiger partial charge in [0.05, 0.1) is 25.5 Å². The van der Waals surface area contributed by atoms with Crippen molar-refractivity contribution in [2.45, 2.75) is 0 Å². The Morgan fingerprint density at radius 3 is 2.78 bits per heavy atom. The molecule has 0 aliphatic carbocycles. The van der Waals surface area contributed by atoms with Crippen molar-refractivity contribution in [3.8, 4) is 0 Å². The second kappa shape index (κ2) is 7.25. The van der Waals surface area contributed by atoms with Crippen molar-refractivity contribution in [1.82, 2.24) is 0 Å². The van der Waals surface area contributed by atoms with E-state index in [2.05, 4.69) is 0 Å². The highest BCUT2D eigenvalue weighted by molar-refractivity contribution is 7.80. The number of hydrogen-bond acceptors (Lipinski definition) is 4. The summed E-state index contributed by atoms with van der Waals surface area (Å²) in [6.45, 7) is 1.23. The summed E-state index contributed by atoms with van der Waals surface area (Å²) >= 11 is 4.78. The van der Waals surface area contributed by atoms with E-state index >= 15 is 0 Å². The molecule has 0 saturated heterocycles. The lowest BCUT2D eigenvalue weighted by atomic mass is 10.2. The van der Waals surface area contributed by atoms with Crippen LogP contribution in [0.25, 0.3) is 0 Å². The van der Waals surface area contributed by atoms with Gasteiger partial charge < -0.3 is 20.5 Å². The highest BCUT2D eigenvalue weighted by Gasteiger charge is 2.09. The predicted octanol–water partition coefficient (Wildman–Crippen LogP) is 0.905. The zero-order chi connectivity index (χ0) is 13.5. The zero-order valence-electron chi connectivity index (χ0n) is 10.2. The fourth-order valence-corrected chi connectivity index (χ4v) is 1.59. The maximum atomic E-state index is 13.8. The minimum absolute atomic E-state index is 0.0132. The molecule has 1 aromatic carbocycles. The first-order chi connectivity index (χ1) is 8.56. The molecule has 3 N–H and O–H groups in total. The number of nitrogens with two attached hydrogens (primary N) is 1. The molecular formula is C12H17FN2O2S. The van der Waals surface area contributed by atoms with Gasteiger partial charge in [0.2, 0.25) is 0 Å². The van der Waals surface area contributed by atoms with E-state index in [1.54, 1.807) is 24.1 Å². The molecule has 0 atom stereocenters. The van der Waals surface area contributed by atoms with E-state index in [-0.39, 0.29) is 24.0 Å². The summed E-state index contributed by atoms with van der Waals surface area (Å²) in [5.74, 6) is -0.370. The van der Waals surface area contributed by atoms with Gasteiger partial charge in [-0.15, -0.1) is 0 Å². The number of halogens is 1. The maximum Gasteiger partial charge on any atom is 0.147 e. The third kappa shape index (κ3) is 4.21. The van der Waals surface area contributed by atoms with Crippen molar-refractivity contribution in [2.75, 3.05) is 38.3 Å². The molecule has 100 valence electrons. The van der Waals surface area contributed by atoms with Crippen LogP contribution in [0.2, 0.25) is 0 Å². The fourth-order valence-electron chi connectivity index (χ4n) is 1.46. The van der Waals surface area contributed by atoms with Gasteiger partial charge in [-0.2, -0.15) is 0 Å². The molecule has 0 saturated carbocycles. The Balaban J connectivity index is 2.62. The van der Waals surface area contributed by atoms with E-state index in [9.17, 15) is 4.39 Å². The Morgan fingerprint density at radius 2 is 2.22 bits per heavy atom. The average molecular weight is 272 g/mol. The van der Waals surface area contributed by atoms with Crippen LogP contribution in [0.1, 0.15) is 5.56 Å². The smallest absolute Gasteiger partial charge is 0.147 e. The minimum atomic E-state index is -0.370. The maximum absolute atomic E-state index is 13.8. The highest BCUT2D eigenvalue weighted by atomic mass is 32.1. The van der Waals surface area contributed by atoms with Crippen LogP contribution in [0.5, 0.6) is 0 Å². The average Bonchev–Trinajstić information content (AvgIpc) is 2.34. The van der Waals surface area contributed by atoms with Crippen molar-refractivity contribution in [3.63, 3.8) is 0 Å². The second-order valence-electron chi connectivity index (χ2n) is 3.79. The van der Waals surface area contributed by atoms with Gasteiger partial charge in [0.1, 0.15) is 10.8 Å². The molecule has 1 rings (SSSR count). The standard InChI is InChI=1S/C12H17FN2O2S/c1-15(4-6-17-7-5-16)11-3-2-9(12(14)18)8-10(11)13/h2-3,8,16H,4-7H2,1H3,(H2,14,18). The lowest BCUT2D eigenvalue weighted by molar-refractivity contribution is 0.0971. The van der Waals surface area contributed by atoms with Crippen molar-refractivity contribution in [3.05, 3.63) is 29.6 Å². The van der Waals surface area contributed by atoms with Gasteiger partial charge in [0, 0.05) is 19.2 Å². The number of anilines is 1. The van der Waals surface area contributed by atoms with Crippen LogP contribution in [0.4, 0.5) is 10.1 Å². The Bertz CT molecular complexity index is 415. The largest absolute Gasteiger partial charge is 0.394 e. The minimum Gasteiger partial charge on any atom is -0.394 e. The van der Waals surface area contributed by atoms with Crippen LogP contribution in [0, 0.1) is 5.82 Å². The summed E-state index contributed by atoms with van der Waals surface area (Å²) in [5.41, 5.74) is 6.40. The molecule has 0 aliphatic rings.